The molecule has 1 aliphatic rings. The maximum atomic E-state index is 6.05. The van der Waals surface area contributed by atoms with Gasteiger partial charge in [0.15, 0.2) is 0 Å². The number of hydrogen-bond acceptors (Lipinski definition) is 3. The number of hydrogen-bond donors (Lipinski definition) is 1. The maximum absolute atomic E-state index is 6.05. The first-order chi connectivity index (χ1) is 11.3. The lowest BCUT2D eigenvalue weighted by Gasteiger charge is -2.29. The molecule has 1 saturated heterocycles. The molecule has 2 rings (SSSR count). The second-order valence-electron chi connectivity index (χ2n) is 6.72. The number of piperazine rings is 1. The zero-order chi connectivity index (χ0) is 16.3. The molecule has 1 aromatic rings. The number of ether oxygens (including phenoxy) is 1. The molecule has 23 heavy (non-hydrogen) atoms. The van der Waals surface area contributed by atoms with Gasteiger partial charge in [-0.25, -0.2) is 0 Å². The number of nitrogens with zero attached hydrogens (tertiary/aromatic N) is 1. The smallest absolute Gasteiger partial charge is 0.119 e. The van der Waals surface area contributed by atoms with E-state index in [2.05, 4.69) is 48.3 Å². The van der Waals surface area contributed by atoms with Gasteiger partial charge in [0.25, 0.3) is 0 Å². The number of unbranched alkanes of at least 4 members (excludes halogenated alkanes) is 5. The largest absolute Gasteiger partial charge is 0.491 e. The standard InChI is InChI=1S/C20H34N2O/c1-3-4-5-6-7-8-9-18(2)23-20-12-10-19(11-13-20)22-16-14-21-15-17-22/h10-13,18,21H,3-9,14-17H2,1-2H3. The molecule has 130 valence electrons. The highest BCUT2D eigenvalue weighted by Gasteiger charge is 2.10. The van der Waals surface area contributed by atoms with E-state index in [0.717, 1.165) is 38.3 Å². The molecule has 0 radical (unpaired) electrons. The summed E-state index contributed by atoms with van der Waals surface area (Å²) in [6.07, 6.45) is 9.56. The fourth-order valence-corrected chi connectivity index (χ4v) is 3.16. The van der Waals surface area contributed by atoms with Crippen LogP contribution in [0.5, 0.6) is 5.75 Å². The molecule has 1 heterocycles. The normalized spacial score (nSPS) is 16.3. The number of nitrogens with one attached hydrogen (secondary N) is 1. The number of benzene rings is 1. The average molecular weight is 319 g/mol. The predicted molar refractivity (Wildman–Crippen MR) is 99.6 cm³/mol. The van der Waals surface area contributed by atoms with Gasteiger partial charge in [0, 0.05) is 31.9 Å². The number of anilines is 1. The van der Waals surface area contributed by atoms with Crippen molar-refractivity contribution in [3.05, 3.63) is 24.3 Å². The third kappa shape index (κ3) is 6.82. The van der Waals surface area contributed by atoms with Crippen molar-refractivity contribution in [2.75, 3.05) is 31.1 Å². The summed E-state index contributed by atoms with van der Waals surface area (Å²) in [5.74, 6) is 1.00. The predicted octanol–water partition coefficient (Wildman–Crippen LogP) is 4.61. The van der Waals surface area contributed by atoms with Crippen molar-refractivity contribution < 1.29 is 4.74 Å². The molecule has 1 unspecified atom stereocenters. The van der Waals surface area contributed by atoms with Crippen molar-refractivity contribution in [1.82, 2.24) is 5.32 Å². The molecule has 1 aliphatic heterocycles. The quantitative estimate of drug-likeness (QED) is 0.637. The van der Waals surface area contributed by atoms with Gasteiger partial charge in [-0.2, -0.15) is 0 Å². The lowest BCUT2D eigenvalue weighted by atomic mass is 10.1. The number of rotatable bonds is 10. The highest BCUT2D eigenvalue weighted by Crippen LogP contribution is 2.21. The third-order valence-corrected chi connectivity index (χ3v) is 4.62. The van der Waals surface area contributed by atoms with Crippen LogP contribution in [0.15, 0.2) is 24.3 Å². The van der Waals surface area contributed by atoms with E-state index in [1.165, 1.54) is 44.2 Å². The van der Waals surface area contributed by atoms with E-state index in [9.17, 15) is 0 Å². The molecule has 1 atom stereocenters. The second-order valence-corrected chi connectivity index (χ2v) is 6.72. The van der Waals surface area contributed by atoms with Gasteiger partial charge in [0.1, 0.15) is 5.75 Å². The fraction of sp³-hybridized carbons (Fsp3) is 0.700. The van der Waals surface area contributed by atoms with Crippen LogP contribution >= 0.6 is 0 Å². The molecule has 3 nitrogen and oxygen atoms in total. The first-order valence-electron chi connectivity index (χ1n) is 9.52. The Hall–Kier alpha value is -1.22. The first kappa shape index (κ1) is 18.1. The van der Waals surface area contributed by atoms with Crippen molar-refractivity contribution in [2.24, 2.45) is 0 Å². The van der Waals surface area contributed by atoms with Gasteiger partial charge >= 0.3 is 0 Å². The average Bonchev–Trinajstić information content (AvgIpc) is 2.59. The Bertz CT molecular complexity index is 412. The minimum atomic E-state index is 0.311. The SMILES string of the molecule is CCCCCCCCC(C)Oc1ccc(N2CCNCC2)cc1. The summed E-state index contributed by atoms with van der Waals surface area (Å²) in [4.78, 5) is 2.43. The van der Waals surface area contributed by atoms with Crippen LogP contribution in [0.2, 0.25) is 0 Å². The minimum absolute atomic E-state index is 0.311. The van der Waals surface area contributed by atoms with E-state index in [1.807, 2.05) is 0 Å². The van der Waals surface area contributed by atoms with Gasteiger partial charge < -0.3 is 15.0 Å². The minimum Gasteiger partial charge on any atom is -0.491 e. The van der Waals surface area contributed by atoms with E-state index >= 15 is 0 Å². The van der Waals surface area contributed by atoms with Crippen LogP contribution in [0.4, 0.5) is 5.69 Å². The van der Waals surface area contributed by atoms with Crippen molar-refractivity contribution in [3.8, 4) is 5.75 Å². The molecule has 1 fully saturated rings. The monoisotopic (exact) mass is 318 g/mol. The van der Waals surface area contributed by atoms with Crippen LogP contribution in [-0.4, -0.2) is 32.3 Å². The molecule has 0 amide bonds. The van der Waals surface area contributed by atoms with Crippen molar-refractivity contribution in [3.63, 3.8) is 0 Å². The van der Waals surface area contributed by atoms with Crippen LogP contribution in [-0.2, 0) is 0 Å². The Labute approximate surface area is 142 Å². The lowest BCUT2D eigenvalue weighted by molar-refractivity contribution is 0.206. The highest BCUT2D eigenvalue weighted by atomic mass is 16.5. The van der Waals surface area contributed by atoms with Gasteiger partial charge in [-0.3, -0.25) is 0 Å². The fourth-order valence-electron chi connectivity index (χ4n) is 3.16. The molecular weight excluding hydrogens is 284 g/mol. The Balaban J connectivity index is 1.66. The summed E-state index contributed by atoms with van der Waals surface area (Å²) < 4.78 is 6.05. The third-order valence-electron chi connectivity index (χ3n) is 4.62. The summed E-state index contributed by atoms with van der Waals surface area (Å²) in [6.45, 7) is 8.80. The topological polar surface area (TPSA) is 24.5 Å². The van der Waals surface area contributed by atoms with E-state index in [0.29, 0.717) is 6.10 Å². The summed E-state index contributed by atoms with van der Waals surface area (Å²) in [7, 11) is 0. The molecule has 3 heteroatoms. The van der Waals surface area contributed by atoms with E-state index in [-0.39, 0.29) is 0 Å². The summed E-state index contributed by atoms with van der Waals surface area (Å²) in [5.41, 5.74) is 1.31. The molecule has 0 saturated carbocycles. The maximum Gasteiger partial charge on any atom is 0.119 e. The molecule has 0 aliphatic carbocycles. The zero-order valence-corrected chi connectivity index (χ0v) is 15.0. The Kier molecular flexibility index (Phi) is 8.30. The summed E-state index contributed by atoms with van der Waals surface area (Å²) in [5, 5.41) is 3.39. The van der Waals surface area contributed by atoms with Gasteiger partial charge in [-0.15, -0.1) is 0 Å². The second kappa shape index (κ2) is 10.5. The molecule has 0 aromatic heterocycles. The van der Waals surface area contributed by atoms with Gasteiger partial charge in [0.2, 0.25) is 0 Å². The van der Waals surface area contributed by atoms with E-state index in [4.69, 9.17) is 4.74 Å². The Morgan fingerprint density at radius 1 is 1.00 bits per heavy atom. The lowest BCUT2D eigenvalue weighted by Crippen LogP contribution is -2.43. The van der Waals surface area contributed by atoms with Gasteiger partial charge in [0.05, 0.1) is 6.10 Å². The van der Waals surface area contributed by atoms with Crippen molar-refractivity contribution in [2.45, 2.75) is 64.9 Å². The van der Waals surface area contributed by atoms with Crippen LogP contribution in [0.1, 0.15) is 58.8 Å². The first-order valence-corrected chi connectivity index (χ1v) is 9.52. The zero-order valence-electron chi connectivity index (χ0n) is 15.0. The van der Waals surface area contributed by atoms with E-state index in [1.54, 1.807) is 0 Å². The molecule has 1 aromatic carbocycles. The molecule has 1 N–H and O–H groups in total. The van der Waals surface area contributed by atoms with Crippen molar-refractivity contribution >= 4 is 5.69 Å². The van der Waals surface area contributed by atoms with Gasteiger partial charge in [-0.1, -0.05) is 39.0 Å². The van der Waals surface area contributed by atoms with Crippen LogP contribution < -0.4 is 15.0 Å². The highest BCUT2D eigenvalue weighted by molar-refractivity contribution is 5.49. The van der Waals surface area contributed by atoms with Gasteiger partial charge in [-0.05, 0) is 44.0 Å². The molecule has 0 spiro atoms. The van der Waals surface area contributed by atoms with Crippen LogP contribution in [0, 0.1) is 0 Å². The van der Waals surface area contributed by atoms with Crippen LogP contribution in [0.25, 0.3) is 0 Å². The molecular formula is C20H34N2O. The summed E-state index contributed by atoms with van der Waals surface area (Å²) in [6, 6.07) is 8.63. The Morgan fingerprint density at radius 3 is 2.35 bits per heavy atom. The molecule has 0 bridgehead atoms. The summed E-state index contributed by atoms with van der Waals surface area (Å²) >= 11 is 0. The van der Waals surface area contributed by atoms with Crippen molar-refractivity contribution in [1.29, 1.82) is 0 Å². The Morgan fingerprint density at radius 2 is 1.65 bits per heavy atom. The van der Waals surface area contributed by atoms with Crippen LogP contribution in [0.3, 0.4) is 0 Å². The van der Waals surface area contributed by atoms with E-state index < -0.39 is 0 Å².